The second-order valence-electron chi connectivity index (χ2n) is 3.27. The molecule has 0 spiro atoms. The summed E-state index contributed by atoms with van der Waals surface area (Å²) >= 11 is 0. The van der Waals surface area contributed by atoms with Gasteiger partial charge in [0.15, 0.2) is 5.82 Å². The molecule has 0 bridgehead atoms. The fraction of sp³-hybridized carbons (Fsp3) is 0.500. The molecule has 0 aliphatic carbocycles. The first kappa shape index (κ1) is 9.78. The summed E-state index contributed by atoms with van der Waals surface area (Å²) < 4.78 is 3.41. The van der Waals surface area contributed by atoms with Gasteiger partial charge in [-0.1, -0.05) is 5.21 Å². The zero-order valence-electron chi connectivity index (χ0n) is 8.75. The number of nitrogens with one attached hydrogen (secondary N) is 1. The van der Waals surface area contributed by atoms with Crippen LogP contribution < -0.4 is 5.32 Å². The van der Waals surface area contributed by atoms with Crippen molar-refractivity contribution in [2.24, 2.45) is 7.05 Å². The highest BCUT2D eigenvalue weighted by Crippen LogP contribution is 1.96. The SMILES string of the molecule is CNCc1ncn(Cc2cn(C)nn2)n1. The number of nitrogens with zero attached hydrogens (tertiary/aromatic N) is 6. The van der Waals surface area contributed by atoms with Gasteiger partial charge in [0.25, 0.3) is 0 Å². The molecule has 0 saturated carbocycles. The Hall–Kier alpha value is -1.76. The lowest BCUT2D eigenvalue weighted by atomic mass is 10.5. The van der Waals surface area contributed by atoms with E-state index in [0.29, 0.717) is 13.1 Å². The van der Waals surface area contributed by atoms with E-state index >= 15 is 0 Å². The van der Waals surface area contributed by atoms with E-state index in [1.54, 1.807) is 15.7 Å². The minimum atomic E-state index is 0.602. The van der Waals surface area contributed by atoms with Crippen molar-refractivity contribution in [2.45, 2.75) is 13.1 Å². The van der Waals surface area contributed by atoms with Crippen LogP contribution in [0.4, 0.5) is 0 Å². The first-order valence-corrected chi connectivity index (χ1v) is 4.66. The van der Waals surface area contributed by atoms with Crippen LogP contribution in [-0.4, -0.2) is 36.8 Å². The van der Waals surface area contributed by atoms with Crippen molar-refractivity contribution in [3.8, 4) is 0 Å². The lowest BCUT2D eigenvalue weighted by molar-refractivity contribution is 0.645. The lowest BCUT2D eigenvalue weighted by Crippen LogP contribution is -2.08. The van der Waals surface area contributed by atoms with Crippen LogP contribution in [0.5, 0.6) is 0 Å². The lowest BCUT2D eigenvalue weighted by Gasteiger charge is -1.94. The van der Waals surface area contributed by atoms with Gasteiger partial charge in [-0.25, -0.2) is 9.67 Å². The highest BCUT2D eigenvalue weighted by molar-refractivity contribution is 4.93. The summed E-state index contributed by atoms with van der Waals surface area (Å²) in [6.07, 6.45) is 3.56. The van der Waals surface area contributed by atoms with Crippen molar-refractivity contribution in [2.75, 3.05) is 7.05 Å². The Morgan fingerprint density at radius 3 is 3.00 bits per heavy atom. The summed E-state index contributed by atoms with van der Waals surface area (Å²) in [4.78, 5) is 4.14. The molecule has 0 aromatic carbocycles. The van der Waals surface area contributed by atoms with Crippen LogP contribution in [-0.2, 0) is 20.1 Å². The van der Waals surface area contributed by atoms with E-state index in [1.165, 1.54) is 0 Å². The van der Waals surface area contributed by atoms with E-state index in [2.05, 4.69) is 25.7 Å². The fourth-order valence-corrected chi connectivity index (χ4v) is 1.28. The first-order valence-electron chi connectivity index (χ1n) is 4.66. The normalized spacial score (nSPS) is 10.8. The summed E-state index contributed by atoms with van der Waals surface area (Å²) in [6.45, 7) is 1.28. The summed E-state index contributed by atoms with van der Waals surface area (Å²) in [5, 5.41) is 15.1. The molecule has 2 heterocycles. The molecule has 7 heteroatoms. The highest BCUT2D eigenvalue weighted by Gasteiger charge is 2.02. The van der Waals surface area contributed by atoms with E-state index in [0.717, 1.165) is 11.5 Å². The smallest absolute Gasteiger partial charge is 0.164 e. The van der Waals surface area contributed by atoms with Gasteiger partial charge in [-0.05, 0) is 7.05 Å². The third-order valence-electron chi connectivity index (χ3n) is 1.89. The van der Waals surface area contributed by atoms with Crippen LogP contribution in [0.1, 0.15) is 11.5 Å². The molecule has 0 aliphatic heterocycles. The predicted octanol–water partition coefficient (Wildman–Crippen LogP) is -0.826. The van der Waals surface area contributed by atoms with Crippen LogP contribution in [0.3, 0.4) is 0 Å². The van der Waals surface area contributed by atoms with E-state index in [-0.39, 0.29) is 0 Å². The monoisotopic (exact) mass is 207 g/mol. The maximum Gasteiger partial charge on any atom is 0.164 e. The van der Waals surface area contributed by atoms with E-state index < -0.39 is 0 Å². The van der Waals surface area contributed by atoms with Crippen LogP contribution in [0, 0.1) is 0 Å². The van der Waals surface area contributed by atoms with Gasteiger partial charge in [0.2, 0.25) is 0 Å². The molecule has 0 aliphatic rings. The molecule has 80 valence electrons. The van der Waals surface area contributed by atoms with E-state index in [9.17, 15) is 0 Å². The highest BCUT2D eigenvalue weighted by atomic mass is 15.4. The molecule has 0 saturated heterocycles. The van der Waals surface area contributed by atoms with Crippen molar-refractivity contribution in [1.82, 2.24) is 35.1 Å². The van der Waals surface area contributed by atoms with Gasteiger partial charge in [0, 0.05) is 13.2 Å². The molecule has 0 atom stereocenters. The molecule has 2 aromatic rings. The first-order chi connectivity index (χ1) is 7.28. The van der Waals surface area contributed by atoms with Gasteiger partial charge in [0.05, 0.1) is 13.1 Å². The molecule has 7 nitrogen and oxygen atoms in total. The summed E-state index contributed by atoms with van der Waals surface area (Å²) in [5.41, 5.74) is 0.874. The maximum absolute atomic E-state index is 4.27. The average Bonchev–Trinajstić information content (AvgIpc) is 2.78. The van der Waals surface area contributed by atoms with Gasteiger partial charge in [-0.2, -0.15) is 5.10 Å². The van der Waals surface area contributed by atoms with Gasteiger partial charge >= 0.3 is 0 Å². The Kier molecular flexibility index (Phi) is 2.72. The molecular formula is C8H13N7. The molecule has 2 aromatic heterocycles. The summed E-state index contributed by atoms with van der Waals surface area (Å²) in [6, 6.07) is 0. The van der Waals surface area contributed by atoms with Gasteiger partial charge in [-0.3, -0.25) is 4.68 Å². The number of aromatic nitrogens is 6. The third kappa shape index (κ3) is 2.38. The Morgan fingerprint density at radius 2 is 2.33 bits per heavy atom. The van der Waals surface area contributed by atoms with Crippen LogP contribution in [0.15, 0.2) is 12.5 Å². The minimum Gasteiger partial charge on any atom is -0.313 e. The van der Waals surface area contributed by atoms with Gasteiger partial charge < -0.3 is 5.32 Å². The van der Waals surface area contributed by atoms with Crippen molar-refractivity contribution >= 4 is 0 Å². The van der Waals surface area contributed by atoms with Gasteiger partial charge in [0.1, 0.15) is 12.0 Å². The number of hydrogen-bond acceptors (Lipinski definition) is 5. The molecule has 0 unspecified atom stereocenters. The van der Waals surface area contributed by atoms with Gasteiger partial charge in [-0.15, -0.1) is 5.10 Å². The van der Waals surface area contributed by atoms with Crippen LogP contribution >= 0.6 is 0 Å². The largest absolute Gasteiger partial charge is 0.313 e. The number of aryl methyl sites for hydroxylation is 1. The van der Waals surface area contributed by atoms with Crippen molar-refractivity contribution in [1.29, 1.82) is 0 Å². The molecule has 15 heavy (non-hydrogen) atoms. The van der Waals surface area contributed by atoms with Crippen LogP contribution in [0.25, 0.3) is 0 Å². The number of rotatable bonds is 4. The summed E-state index contributed by atoms with van der Waals surface area (Å²) in [5.74, 6) is 0.779. The molecule has 0 radical (unpaired) electrons. The van der Waals surface area contributed by atoms with E-state index in [1.807, 2.05) is 20.3 Å². The van der Waals surface area contributed by atoms with Crippen molar-refractivity contribution < 1.29 is 0 Å². The number of hydrogen-bond donors (Lipinski definition) is 1. The molecular weight excluding hydrogens is 194 g/mol. The second kappa shape index (κ2) is 4.18. The molecule has 2 rings (SSSR count). The Morgan fingerprint density at radius 1 is 1.47 bits per heavy atom. The fourth-order valence-electron chi connectivity index (χ4n) is 1.28. The third-order valence-corrected chi connectivity index (χ3v) is 1.89. The molecule has 0 amide bonds. The van der Waals surface area contributed by atoms with E-state index in [4.69, 9.17) is 0 Å². The topological polar surface area (TPSA) is 73.5 Å². The zero-order chi connectivity index (χ0) is 10.7. The van der Waals surface area contributed by atoms with Crippen molar-refractivity contribution in [3.63, 3.8) is 0 Å². The Labute approximate surface area is 87.1 Å². The maximum atomic E-state index is 4.27. The minimum absolute atomic E-state index is 0.602. The average molecular weight is 207 g/mol. The second-order valence-corrected chi connectivity index (χ2v) is 3.27. The molecule has 0 fully saturated rings. The van der Waals surface area contributed by atoms with Crippen LogP contribution in [0.2, 0.25) is 0 Å². The standard InChI is InChI=1S/C8H13N7/c1-9-3-8-10-6-15(12-8)5-7-4-14(2)13-11-7/h4,6,9H,3,5H2,1-2H3. The quantitative estimate of drug-likeness (QED) is 0.708. The van der Waals surface area contributed by atoms with Crippen molar-refractivity contribution in [3.05, 3.63) is 24.0 Å². The zero-order valence-corrected chi connectivity index (χ0v) is 8.75. The molecule has 1 N–H and O–H groups in total. The predicted molar refractivity (Wildman–Crippen MR) is 52.9 cm³/mol. The summed E-state index contributed by atoms with van der Waals surface area (Å²) in [7, 11) is 3.70. The Balaban J connectivity index is 2.04. The Bertz CT molecular complexity index is 430.